The number of anilines is 2. The number of nitrogens with zero attached hydrogens (tertiary/aromatic N) is 3. The summed E-state index contributed by atoms with van der Waals surface area (Å²) in [5.41, 5.74) is 3.38. The molecule has 0 unspecified atom stereocenters. The van der Waals surface area contributed by atoms with Crippen LogP contribution in [0.4, 0.5) is 24.5 Å². The Morgan fingerprint density at radius 3 is 2.53 bits per heavy atom. The molecule has 49 heavy (non-hydrogen) atoms. The van der Waals surface area contributed by atoms with Crippen LogP contribution in [-0.4, -0.2) is 48.9 Å². The summed E-state index contributed by atoms with van der Waals surface area (Å²) in [7, 11) is -3.53. The highest BCUT2D eigenvalue weighted by Crippen LogP contribution is 2.53. The van der Waals surface area contributed by atoms with Crippen molar-refractivity contribution < 1.29 is 30.8 Å². The highest BCUT2D eigenvalue weighted by molar-refractivity contribution is 7.93. The van der Waals surface area contributed by atoms with E-state index in [1.165, 1.54) is 12.1 Å². The predicted octanol–water partition coefficient (Wildman–Crippen LogP) is 6.29. The number of aryl methyl sites for hydroxylation is 1. The van der Waals surface area contributed by atoms with Crippen LogP contribution in [0.15, 0.2) is 63.9 Å². The smallest absolute Gasteiger partial charge is 0.239 e. The van der Waals surface area contributed by atoms with E-state index in [1.807, 2.05) is 12.1 Å². The molecular formula is C36H38F3N5O4S. The lowest BCUT2D eigenvalue weighted by atomic mass is 9.73. The first-order valence-electron chi connectivity index (χ1n) is 16.5. The van der Waals surface area contributed by atoms with Gasteiger partial charge >= 0.3 is 0 Å². The molecule has 1 saturated heterocycles. The van der Waals surface area contributed by atoms with Gasteiger partial charge < -0.3 is 20.0 Å². The summed E-state index contributed by atoms with van der Waals surface area (Å²) < 4.78 is 73.7. The predicted molar refractivity (Wildman–Crippen MR) is 178 cm³/mol. The molecule has 1 spiro atoms. The second kappa shape index (κ2) is 12.2. The zero-order valence-corrected chi connectivity index (χ0v) is 28.3. The third-order valence-corrected chi connectivity index (χ3v) is 13.0. The number of nitrogens with one attached hydrogen (secondary N) is 2. The van der Waals surface area contributed by atoms with Crippen molar-refractivity contribution in [1.82, 2.24) is 15.5 Å². The van der Waals surface area contributed by atoms with Crippen molar-refractivity contribution in [3.05, 3.63) is 101 Å². The fourth-order valence-corrected chi connectivity index (χ4v) is 9.26. The Balaban J connectivity index is 1.08. The summed E-state index contributed by atoms with van der Waals surface area (Å²) in [4.78, 5) is 16.1. The maximum atomic E-state index is 14.7. The standard InChI is InChI=1S/C36H38F3N5O4S/c1-21-42-43-34(48-21)31(15-22-4-8-28(38)29(39)14-22)41-33(45)16-23-19-36(27-17-24(37)5-7-26(23)27)10-12-44(13-11-36)25-6-9-30-32(18-25)49(46,47)35(2,3)20-40-30/h4-9,14,17-18,23,31,40H,10-13,15-16,19-20H2,1-3H3,(H,41,45)/t23-,31-/m1/s1. The molecule has 9 nitrogen and oxygen atoms in total. The molecule has 4 aromatic rings. The van der Waals surface area contributed by atoms with Crippen molar-refractivity contribution in [1.29, 1.82) is 0 Å². The molecule has 13 heteroatoms. The average molecular weight is 694 g/mol. The summed E-state index contributed by atoms with van der Waals surface area (Å²) in [5, 5.41) is 14.2. The Hall–Kier alpha value is -4.39. The molecule has 1 aromatic heterocycles. The van der Waals surface area contributed by atoms with Crippen LogP contribution < -0.4 is 15.5 Å². The average Bonchev–Trinajstić information content (AvgIpc) is 3.62. The van der Waals surface area contributed by atoms with Gasteiger partial charge in [0.25, 0.3) is 0 Å². The maximum absolute atomic E-state index is 14.7. The quantitative estimate of drug-likeness (QED) is 0.232. The van der Waals surface area contributed by atoms with Crippen LogP contribution in [0.3, 0.4) is 0 Å². The molecule has 1 aliphatic carbocycles. The van der Waals surface area contributed by atoms with Gasteiger partial charge in [0.15, 0.2) is 21.5 Å². The summed E-state index contributed by atoms with van der Waals surface area (Å²) in [6.07, 6.45) is 2.28. The normalized spacial score (nSPS) is 20.7. The van der Waals surface area contributed by atoms with Crippen molar-refractivity contribution in [2.24, 2.45) is 0 Å². The number of fused-ring (bicyclic) bond motifs is 3. The van der Waals surface area contributed by atoms with E-state index in [9.17, 15) is 26.4 Å². The van der Waals surface area contributed by atoms with E-state index < -0.39 is 32.3 Å². The molecule has 3 aliphatic rings. The molecule has 1 fully saturated rings. The first kappa shape index (κ1) is 33.1. The number of benzene rings is 3. The Labute approximate surface area is 283 Å². The minimum atomic E-state index is -3.53. The van der Waals surface area contributed by atoms with Crippen molar-refractivity contribution >= 4 is 27.1 Å². The summed E-state index contributed by atoms with van der Waals surface area (Å²) in [6.45, 7) is 6.69. The largest absolute Gasteiger partial charge is 0.423 e. The van der Waals surface area contributed by atoms with E-state index in [0.29, 0.717) is 60.9 Å². The van der Waals surface area contributed by atoms with Gasteiger partial charge in [-0.15, -0.1) is 10.2 Å². The topological polar surface area (TPSA) is 117 Å². The fraction of sp³-hybridized carbons (Fsp3) is 0.417. The summed E-state index contributed by atoms with van der Waals surface area (Å²) in [6, 6.07) is 13.1. The van der Waals surface area contributed by atoms with Gasteiger partial charge in [0.1, 0.15) is 11.9 Å². The number of piperidine rings is 1. The minimum absolute atomic E-state index is 0.106. The van der Waals surface area contributed by atoms with Gasteiger partial charge in [-0.1, -0.05) is 12.1 Å². The van der Waals surface area contributed by atoms with E-state index in [-0.39, 0.29) is 41.8 Å². The Morgan fingerprint density at radius 1 is 1.04 bits per heavy atom. The molecular weight excluding hydrogens is 655 g/mol. The van der Waals surface area contributed by atoms with Crippen LogP contribution in [0.1, 0.15) is 80.0 Å². The minimum Gasteiger partial charge on any atom is -0.423 e. The molecule has 3 aromatic carbocycles. The Bertz CT molecular complexity index is 2040. The van der Waals surface area contributed by atoms with Crippen molar-refractivity contribution in [2.45, 2.75) is 79.9 Å². The number of hydrogen-bond donors (Lipinski definition) is 2. The highest BCUT2D eigenvalue weighted by Gasteiger charge is 2.47. The zero-order chi connectivity index (χ0) is 34.7. The van der Waals surface area contributed by atoms with Crippen LogP contribution in [0.2, 0.25) is 0 Å². The Morgan fingerprint density at radius 2 is 1.82 bits per heavy atom. The van der Waals surface area contributed by atoms with Gasteiger partial charge in [-0.25, -0.2) is 21.6 Å². The van der Waals surface area contributed by atoms with Crippen molar-refractivity contribution in [3.8, 4) is 0 Å². The summed E-state index contributed by atoms with van der Waals surface area (Å²) in [5.74, 6) is -2.31. The molecule has 2 N–H and O–H groups in total. The highest BCUT2D eigenvalue weighted by atomic mass is 32.2. The number of carbonyl (C=O) groups is 1. The van der Waals surface area contributed by atoms with E-state index in [4.69, 9.17) is 4.42 Å². The molecule has 0 radical (unpaired) electrons. The van der Waals surface area contributed by atoms with Crippen LogP contribution in [-0.2, 0) is 26.5 Å². The number of sulfone groups is 1. The van der Waals surface area contributed by atoms with Crippen LogP contribution in [0.5, 0.6) is 0 Å². The van der Waals surface area contributed by atoms with Gasteiger partial charge in [-0.3, -0.25) is 4.79 Å². The molecule has 2 aliphatic heterocycles. The lowest BCUT2D eigenvalue weighted by Crippen LogP contribution is -2.44. The molecule has 2 atom stereocenters. The molecule has 258 valence electrons. The van der Waals surface area contributed by atoms with Gasteiger partial charge in [-0.2, -0.15) is 0 Å². The van der Waals surface area contributed by atoms with Crippen LogP contribution in [0, 0.1) is 24.4 Å². The number of aromatic nitrogens is 2. The van der Waals surface area contributed by atoms with Crippen LogP contribution in [0.25, 0.3) is 0 Å². The second-order valence-corrected chi connectivity index (χ2v) is 16.7. The number of amides is 1. The lowest BCUT2D eigenvalue weighted by molar-refractivity contribution is -0.122. The first-order chi connectivity index (χ1) is 23.2. The van der Waals surface area contributed by atoms with E-state index in [2.05, 4.69) is 25.7 Å². The van der Waals surface area contributed by atoms with Crippen LogP contribution >= 0.6 is 0 Å². The zero-order valence-electron chi connectivity index (χ0n) is 27.5. The second-order valence-electron chi connectivity index (χ2n) is 14.1. The van der Waals surface area contributed by atoms with Gasteiger partial charge in [-0.05, 0) is 104 Å². The Kier molecular flexibility index (Phi) is 8.24. The fourth-order valence-electron chi connectivity index (χ4n) is 7.69. The molecule has 7 rings (SSSR count). The molecule has 0 bridgehead atoms. The first-order valence-corrected chi connectivity index (χ1v) is 17.9. The van der Waals surface area contributed by atoms with E-state index in [0.717, 1.165) is 28.9 Å². The third-order valence-electron chi connectivity index (χ3n) is 10.5. The number of rotatable bonds is 7. The van der Waals surface area contributed by atoms with Gasteiger partial charge in [0, 0.05) is 45.1 Å². The molecule has 0 saturated carbocycles. The number of hydrogen-bond acceptors (Lipinski definition) is 8. The molecule has 3 heterocycles. The van der Waals surface area contributed by atoms with E-state index in [1.54, 1.807) is 39.0 Å². The van der Waals surface area contributed by atoms with Gasteiger partial charge in [0.2, 0.25) is 17.7 Å². The molecule has 1 amide bonds. The number of carbonyl (C=O) groups excluding carboxylic acids is 1. The SMILES string of the molecule is Cc1nnc([C@@H](Cc2ccc(F)c(F)c2)NC(=O)C[C@@H]2CC3(CCN(c4ccc5c(c4)S(=O)(=O)C(C)(C)CN5)CC3)c3cc(F)ccc32)o1. The van der Waals surface area contributed by atoms with Crippen molar-refractivity contribution in [3.63, 3.8) is 0 Å². The van der Waals surface area contributed by atoms with Crippen molar-refractivity contribution in [2.75, 3.05) is 29.9 Å². The number of halogens is 3. The summed E-state index contributed by atoms with van der Waals surface area (Å²) >= 11 is 0. The van der Waals surface area contributed by atoms with E-state index >= 15 is 0 Å². The lowest BCUT2D eigenvalue weighted by Gasteiger charge is -2.42. The third kappa shape index (κ3) is 6.06. The monoisotopic (exact) mass is 693 g/mol. The maximum Gasteiger partial charge on any atom is 0.239 e. The van der Waals surface area contributed by atoms with Gasteiger partial charge in [0.05, 0.1) is 15.3 Å².